The summed E-state index contributed by atoms with van der Waals surface area (Å²) in [6.45, 7) is 1.96. The minimum atomic E-state index is -2.94. The predicted octanol–water partition coefficient (Wildman–Crippen LogP) is 1.08. The van der Waals surface area contributed by atoms with E-state index in [1.165, 1.54) is 6.42 Å². The van der Waals surface area contributed by atoms with E-state index in [-0.39, 0.29) is 17.0 Å². The van der Waals surface area contributed by atoms with E-state index in [0.29, 0.717) is 0 Å². The van der Waals surface area contributed by atoms with Gasteiger partial charge in [-0.15, -0.1) is 0 Å². The molecule has 0 aromatic rings. The molecule has 2 N–H and O–H groups in total. The van der Waals surface area contributed by atoms with Crippen molar-refractivity contribution in [3.63, 3.8) is 0 Å². The first-order valence-corrected chi connectivity index (χ1v) is 6.62. The van der Waals surface area contributed by atoms with Crippen LogP contribution in [0.4, 0.5) is 0 Å². The molecule has 0 aromatic carbocycles. The summed E-state index contributed by atoms with van der Waals surface area (Å²) < 4.78 is 23.7. The van der Waals surface area contributed by atoms with Crippen molar-refractivity contribution in [3.8, 4) is 0 Å². The fourth-order valence-corrected chi connectivity index (χ4v) is 3.77. The number of nitrogens with two attached hydrogens (primary N) is 1. The molecule has 0 radical (unpaired) electrons. The van der Waals surface area contributed by atoms with Crippen LogP contribution in [0, 0.1) is 0 Å². The van der Waals surface area contributed by atoms with Crippen LogP contribution in [0.5, 0.6) is 0 Å². The third-order valence-electron chi connectivity index (χ3n) is 2.91. The van der Waals surface area contributed by atoms with Crippen LogP contribution < -0.4 is 5.73 Å². The molecule has 1 saturated carbocycles. The molecule has 0 bridgehead atoms. The van der Waals surface area contributed by atoms with Gasteiger partial charge in [0.2, 0.25) is 0 Å². The third kappa shape index (κ3) is 2.44. The Morgan fingerprint density at radius 1 is 1.31 bits per heavy atom. The molecule has 78 valence electrons. The van der Waals surface area contributed by atoms with Gasteiger partial charge in [-0.1, -0.05) is 19.3 Å². The lowest BCUT2D eigenvalue weighted by Crippen LogP contribution is -2.36. The summed E-state index contributed by atoms with van der Waals surface area (Å²) in [6.07, 6.45) is 4.98. The molecule has 0 spiro atoms. The van der Waals surface area contributed by atoms with E-state index in [2.05, 4.69) is 0 Å². The molecule has 13 heavy (non-hydrogen) atoms. The summed E-state index contributed by atoms with van der Waals surface area (Å²) in [5, 5.41) is -0.476. The second-order valence-electron chi connectivity index (χ2n) is 3.90. The van der Waals surface area contributed by atoms with Gasteiger partial charge in [0, 0.05) is 6.54 Å². The summed E-state index contributed by atoms with van der Waals surface area (Å²) in [6, 6.07) is 0. The molecule has 1 fully saturated rings. The Morgan fingerprint density at radius 3 is 2.31 bits per heavy atom. The SMILES string of the molecule is CC(CN)S(=O)(=O)C1CCCCC1. The van der Waals surface area contributed by atoms with Crippen molar-refractivity contribution in [2.75, 3.05) is 6.54 Å². The molecule has 0 aliphatic heterocycles. The maximum absolute atomic E-state index is 11.8. The first-order valence-electron chi connectivity index (χ1n) is 5.02. The second kappa shape index (κ2) is 4.42. The van der Waals surface area contributed by atoms with Gasteiger partial charge in [-0.05, 0) is 19.8 Å². The topological polar surface area (TPSA) is 60.2 Å². The van der Waals surface area contributed by atoms with Crippen LogP contribution in [0.25, 0.3) is 0 Å². The number of hydrogen-bond donors (Lipinski definition) is 1. The van der Waals surface area contributed by atoms with E-state index in [9.17, 15) is 8.42 Å². The summed E-state index contributed by atoms with van der Waals surface area (Å²) in [4.78, 5) is 0. The Balaban J connectivity index is 2.67. The van der Waals surface area contributed by atoms with Crippen molar-refractivity contribution in [3.05, 3.63) is 0 Å². The smallest absolute Gasteiger partial charge is 0.156 e. The van der Waals surface area contributed by atoms with Crippen LogP contribution in [0.1, 0.15) is 39.0 Å². The highest BCUT2D eigenvalue weighted by molar-refractivity contribution is 7.92. The van der Waals surface area contributed by atoms with Gasteiger partial charge in [0.05, 0.1) is 10.5 Å². The van der Waals surface area contributed by atoms with Crippen molar-refractivity contribution in [2.24, 2.45) is 5.73 Å². The van der Waals surface area contributed by atoms with Gasteiger partial charge in [-0.25, -0.2) is 8.42 Å². The Bertz CT molecular complexity index is 242. The van der Waals surface area contributed by atoms with Crippen LogP contribution in [-0.2, 0) is 9.84 Å². The maximum Gasteiger partial charge on any atom is 0.156 e. The van der Waals surface area contributed by atoms with Gasteiger partial charge < -0.3 is 5.73 Å². The van der Waals surface area contributed by atoms with E-state index in [0.717, 1.165) is 25.7 Å². The van der Waals surface area contributed by atoms with Crippen LogP contribution >= 0.6 is 0 Å². The summed E-state index contributed by atoms with van der Waals surface area (Å²) in [5.74, 6) is 0. The lowest BCUT2D eigenvalue weighted by atomic mass is 10.0. The van der Waals surface area contributed by atoms with Gasteiger partial charge in [0.15, 0.2) is 9.84 Å². The second-order valence-corrected chi connectivity index (χ2v) is 6.54. The molecular weight excluding hydrogens is 186 g/mol. The van der Waals surface area contributed by atoms with Crippen LogP contribution in [-0.4, -0.2) is 25.5 Å². The monoisotopic (exact) mass is 205 g/mol. The zero-order valence-electron chi connectivity index (χ0n) is 8.20. The molecule has 0 heterocycles. The third-order valence-corrected chi connectivity index (χ3v) is 5.62. The summed E-state index contributed by atoms with van der Waals surface area (Å²) in [7, 11) is -2.94. The van der Waals surface area contributed by atoms with Crippen molar-refractivity contribution in [1.29, 1.82) is 0 Å². The molecule has 1 aliphatic rings. The van der Waals surface area contributed by atoms with Gasteiger partial charge >= 0.3 is 0 Å². The van der Waals surface area contributed by atoms with E-state index in [1.54, 1.807) is 6.92 Å². The van der Waals surface area contributed by atoms with E-state index < -0.39 is 9.84 Å². The highest BCUT2D eigenvalue weighted by Crippen LogP contribution is 2.25. The van der Waals surface area contributed by atoms with Crippen LogP contribution in [0.15, 0.2) is 0 Å². The highest BCUT2D eigenvalue weighted by Gasteiger charge is 2.31. The minimum absolute atomic E-state index is 0.111. The molecule has 0 saturated heterocycles. The molecule has 0 amide bonds. The molecular formula is C9H19NO2S. The molecule has 1 aliphatic carbocycles. The van der Waals surface area contributed by atoms with E-state index in [4.69, 9.17) is 5.73 Å². The van der Waals surface area contributed by atoms with Gasteiger partial charge in [-0.2, -0.15) is 0 Å². The highest BCUT2D eigenvalue weighted by atomic mass is 32.2. The number of hydrogen-bond acceptors (Lipinski definition) is 3. The lowest BCUT2D eigenvalue weighted by molar-refractivity contribution is 0.479. The minimum Gasteiger partial charge on any atom is -0.329 e. The first kappa shape index (κ1) is 11.0. The Hall–Kier alpha value is -0.0900. The zero-order chi connectivity index (χ0) is 9.90. The van der Waals surface area contributed by atoms with Gasteiger partial charge in [0.25, 0.3) is 0 Å². The van der Waals surface area contributed by atoms with Crippen molar-refractivity contribution in [1.82, 2.24) is 0 Å². The molecule has 1 rings (SSSR count). The van der Waals surface area contributed by atoms with E-state index >= 15 is 0 Å². The number of rotatable bonds is 3. The quantitative estimate of drug-likeness (QED) is 0.750. The largest absolute Gasteiger partial charge is 0.329 e. The fraction of sp³-hybridized carbons (Fsp3) is 1.00. The van der Waals surface area contributed by atoms with E-state index in [1.807, 2.05) is 0 Å². The van der Waals surface area contributed by atoms with Crippen LogP contribution in [0.3, 0.4) is 0 Å². The normalized spacial score (nSPS) is 22.9. The predicted molar refractivity (Wildman–Crippen MR) is 54.3 cm³/mol. The Labute approximate surface area is 80.6 Å². The first-order chi connectivity index (χ1) is 6.09. The van der Waals surface area contributed by atoms with Gasteiger partial charge in [-0.3, -0.25) is 0 Å². The van der Waals surface area contributed by atoms with Crippen molar-refractivity contribution >= 4 is 9.84 Å². The number of sulfone groups is 1. The van der Waals surface area contributed by atoms with Crippen molar-refractivity contribution < 1.29 is 8.42 Å². The average Bonchev–Trinajstić information content (AvgIpc) is 2.18. The molecule has 0 aromatic heterocycles. The standard InChI is InChI=1S/C9H19NO2S/c1-8(7-10)13(11,12)9-5-3-2-4-6-9/h8-9H,2-7,10H2,1H3. The molecule has 1 unspecified atom stereocenters. The zero-order valence-corrected chi connectivity index (χ0v) is 9.02. The Kier molecular flexibility index (Phi) is 3.74. The summed E-state index contributed by atoms with van der Waals surface area (Å²) in [5.41, 5.74) is 5.39. The average molecular weight is 205 g/mol. The molecule has 4 heteroatoms. The molecule has 3 nitrogen and oxygen atoms in total. The van der Waals surface area contributed by atoms with Crippen molar-refractivity contribution in [2.45, 2.75) is 49.5 Å². The maximum atomic E-state index is 11.8. The fourth-order valence-electron chi connectivity index (χ4n) is 1.86. The lowest BCUT2D eigenvalue weighted by Gasteiger charge is -2.24. The molecule has 1 atom stereocenters. The van der Waals surface area contributed by atoms with Gasteiger partial charge in [0.1, 0.15) is 0 Å². The summed E-state index contributed by atoms with van der Waals surface area (Å²) >= 11 is 0. The van der Waals surface area contributed by atoms with Crippen LogP contribution in [0.2, 0.25) is 0 Å². The Morgan fingerprint density at radius 2 is 1.85 bits per heavy atom.